The molecule has 0 aliphatic rings. The zero-order chi connectivity index (χ0) is 15.8. The maximum absolute atomic E-state index is 11.7. The Kier molecular flexibility index (Phi) is 4.09. The predicted octanol–water partition coefficient (Wildman–Crippen LogP) is 3.15. The van der Waals surface area contributed by atoms with E-state index >= 15 is 0 Å². The van der Waals surface area contributed by atoms with Gasteiger partial charge in [0.05, 0.1) is 5.56 Å². The van der Waals surface area contributed by atoms with Gasteiger partial charge in [-0.15, -0.1) is 0 Å². The van der Waals surface area contributed by atoms with E-state index in [9.17, 15) is 8.42 Å². The molecule has 0 spiro atoms. The van der Waals surface area contributed by atoms with Crippen molar-refractivity contribution >= 4 is 15.7 Å². The van der Waals surface area contributed by atoms with Crippen LogP contribution in [-0.2, 0) is 9.84 Å². The van der Waals surface area contributed by atoms with Crippen LogP contribution in [0.4, 0.5) is 5.88 Å². The summed E-state index contributed by atoms with van der Waals surface area (Å²) in [5, 5.41) is 3.07. The van der Waals surface area contributed by atoms with Gasteiger partial charge in [0.2, 0.25) is 5.88 Å². The van der Waals surface area contributed by atoms with Crippen LogP contribution in [0.5, 0.6) is 0 Å². The summed E-state index contributed by atoms with van der Waals surface area (Å²) in [4.78, 5) is 0. The van der Waals surface area contributed by atoms with Crippen LogP contribution in [0.1, 0.15) is 43.2 Å². The zero-order valence-corrected chi connectivity index (χ0v) is 13.4. The third kappa shape index (κ3) is 3.10. The number of nitrogens with two attached hydrogens (primary N) is 1. The highest BCUT2D eigenvalue weighted by Crippen LogP contribution is 2.36. The average molecular weight is 308 g/mol. The quantitative estimate of drug-likeness (QED) is 0.937. The fourth-order valence-electron chi connectivity index (χ4n) is 2.12. The monoisotopic (exact) mass is 308 g/mol. The topological polar surface area (TPSA) is 86.2 Å². The van der Waals surface area contributed by atoms with Gasteiger partial charge in [-0.05, 0) is 24.0 Å². The Bertz CT molecular complexity index is 731. The van der Waals surface area contributed by atoms with Gasteiger partial charge >= 0.3 is 0 Å². The Labute approximate surface area is 125 Å². The molecule has 0 aliphatic heterocycles. The van der Waals surface area contributed by atoms with Crippen molar-refractivity contribution in [3.05, 3.63) is 35.5 Å². The second-order valence-corrected chi connectivity index (χ2v) is 7.92. The number of nitrogen functional groups attached to an aromatic ring is 1. The molecule has 1 aromatic heterocycles. The summed E-state index contributed by atoms with van der Waals surface area (Å²) >= 11 is 0. The first-order valence-electron chi connectivity index (χ1n) is 6.76. The lowest BCUT2D eigenvalue weighted by atomic mass is 9.98. The van der Waals surface area contributed by atoms with Crippen molar-refractivity contribution in [2.45, 2.75) is 31.9 Å². The summed E-state index contributed by atoms with van der Waals surface area (Å²) in [6.45, 7) is 5.80. The normalized spacial score (nSPS) is 13.6. The van der Waals surface area contributed by atoms with E-state index in [0.717, 1.165) is 5.56 Å². The first-order chi connectivity index (χ1) is 9.71. The molecule has 0 radical (unpaired) electrons. The molecular weight excluding hydrogens is 288 g/mol. The highest BCUT2D eigenvalue weighted by molar-refractivity contribution is 7.90. The van der Waals surface area contributed by atoms with Crippen molar-refractivity contribution in [1.29, 1.82) is 0 Å². The highest BCUT2D eigenvalue weighted by Gasteiger charge is 2.27. The van der Waals surface area contributed by atoms with Crippen LogP contribution in [-0.4, -0.2) is 19.8 Å². The van der Waals surface area contributed by atoms with Gasteiger partial charge in [-0.2, -0.15) is 0 Å². The van der Waals surface area contributed by atoms with E-state index < -0.39 is 15.1 Å². The molecule has 0 saturated carbocycles. The van der Waals surface area contributed by atoms with Crippen LogP contribution in [0.15, 0.2) is 28.8 Å². The molecule has 114 valence electrons. The van der Waals surface area contributed by atoms with Crippen LogP contribution < -0.4 is 5.73 Å². The van der Waals surface area contributed by atoms with E-state index in [2.05, 4.69) is 19.0 Å². The van der Waals surface area contributed by atoms with Crippen molar-refractivity contribution in [2.24, 2.45) is 0 Å². The number of anilines is 1. The summed E-state index contributed by atoms with van der Waals surface area (Å²) in [5.41, 5.74) is 8.75. The molecule has 0 aliphatic carbocycles. The first kappa shape index (κ1) is 15.6. The number of nitrogens with zero attached hydrogens (tertiary/aromatic N) is 1. The summed E-state index contributed by atoms with van der Waals surface area (Å²) in [6, 6.07) is 7.83. The summed E-state index contributed by atoms with van der Waals surface area (Å²) in [6.07, 6.45) is 1.17. The molecule has 2 aromatic rings. The molecule has 0 saturated heterocycles. The number of sulfone groups is 1. The SMILES string of the molecule is CC(C)c1ccc(-c2c(C(C)S(C)(=O)=O)noc2N)cc1. The maximum Gasteiger partial charge on any atom is 0.230 e. The third-order valence-corrected chi connectivity index (χ3v) is 5.15. The summed E-state index contributed by atoms with van der Waals surface area (Å²) < 4.78 is 28.5. The second kappa shape index (κ2) is 5.52. The van der Waals surface area contributed by atoms with Crippen molar-refractivity contribution in [2.75, 3.05) is 12.0 Å². The van der Waals surface area contributed by atoms with Crippen molar-refractivity contribution in [3.8, 4) is 11.1 Å². The Hall–Kier alpha value is -1.82. The van der Waals surface area contributed by atoms with E-state index in [1.165, 1.54) is 11.8 Å². The second-order valence-electron chi connectivity index (χ2n) is 5.56. The smallest absolute Gasteiger partial charge is 0.230 e. The summed E-state index contributed by atoms with van der Waals surface area (Å²) in [5.74, 6) is 0.561. The van der Waals surface area contributed by atoms with E-state index in [4.69, 9.17) is 10.3 Å². The number of hydrogen-bond acceptors (Lipinski definition) is 5. The van der Waals surface area contributed by atoms with Gasteiger partial charge in [0.25, 0.3) is 0 Å². The van der Waals surface area contributed by atoms with Gasteiger partial charge in [-0.1, -0.05) is 43.3 Å². The van der Waals surface area contributed by atoms with Gasteiger partial charge in [-0.3, -0.25) is 0 Å². The number of aromatic nitrogens is 1. The highest BCUT2D eigenvalue weighted by atomic mass is 32.2. The third-order valence-electron chi connectivity index (χ3n) is 3.64. The Balaban J connectivity index is 2.52. The van der Waals surface area contributed by atoms with Gasteiger partial charge in [0, 0.05) is 6.26 Å². The maximum atomic E-state index is 11.7. The average Bonchev–Trinajstić information content (AvgIpc) is 2.78. The standard InChI is InChI=1S/C15H20N2O3S/c1-9(2)11-5-7-12(8-6-11)13-14(17-20-15(13)16)10(3)21(4,18)19/h5-10H,16H2,1-4H3. The van der Waals surface area contributed by atoms with E-state index in [1.54, 1.807) is 6.92 Å². The summed E-state index contributed by atoms with van der Waals surface area (Å²) in [7, 11) is -3.27. The molecule has 21 heavy (non-hydrogen) atoms. The van der Waals surface area contributed by atoms with Crippen molar-refractivity contribution < 1.29 is 12.9 Å². The molecule has 0 amide bonds. The lowest BCUT2D eigenvalue weighted by Crippen LogP contribution is -2.09. The molecule has 1 heterocycles. The lowest BCUT2D eigenvalue weighted by molar-refractivity contribution is 0.427. The molecule has 0 fully saturated rings. The zero-order valence-electron chi connectivity index (χ0n) is 12.6. The fourth-order valence-corrected chi connectivity index (χ4v) is 2.69. The first-order valence-corrected chi connectivity index (χ1v) is 8.71. The van der Waals surface area contributed by atoms with Gasteiger partial charge in [0.1, 0.15) is 10.9 Å². The van der Waals surface area contributed by atoms with Crippen molar-refractivity contribution in [3.63, 3.8) is 0 Å². The minimum atomic E-state index is -3.27. The van der Waals surface area contributed by atoms with Gasteiger partial charge in [-0.25, -0.2) is 8.42 Å². The van der Waals surface area contributed by atoms with E-state index in [1.807, 2.05) is 24.3 Å². The lowest BCUT2D eigenvalue weighted by Gasteiger charge is -2.10. The van der Waals surface area contributed by atoms with Crippen LogP contribution in [0.3, 0.4) is 0 Å². The minimum absolute atomic E-state index is 0.137. The van der Waals surface area contributed by atoms with Gasteiger partial charge in [0.15, 0.2) is 9.84 Å². The molecule has 2 rings (SSSR count). The minimum Gasteiger partial charge on any atom is -0.367 e. The van der Waals surface area contributed by atoms with Crippen molar-refractivity contribution in [1.82, 2.24) is 5.16 Å². The van der Waals surface area contributed by atoms with Gasteiger partial charge < -0.3 is 10.3 Å². The van der Waals surface area contributed by atoms with Crippen LogP contribution in [0.25, 0.3) is 11.1 Å². The molecule has 0 bridgehead atoms. The predicted molar refractivity (Wildman–Crippen MR) is 83.7 cm³/mol. The Morgan fingerprint density at radius 1 is 1.14 bits per heavy atom. The number of benzene rings is 1. The molecular formula is C15H20N2O3S. The molecule has 1 atom stereocenters. The van der Waals surface area contributed by atoms with E-state index in [0.29, 0.717) is 17.2 Å². The molecule has 2 N–H and O–H groups in total. The molecule has 6 heteroatoms. The fraction of sp³-hybridized carbons (Fsp3) is 0.400. The molecule has 1 aromatic carbocycles. The molecule has 1 unspecified atom stereocenters. The number of rotatable bonds is 4. The van der Waals surface area contributed by atoms with Crippen LogP contribution in [0.2, 0.25) is 0 Å². The largest absolute Gasteiger partial charge is 0.367 e. The number of hydrogen-bond donors (Lipinski definition) is 1. The van der Waals surface area contributed by atoms with Crippen LogP contribution >= 0.6 is 0 Å². The van der Waals surface area contributed by atoms with E-state index in [-0.39, 0.29) is 5.88 Å². The van der Waals surface area contributed by atoms with Crippen LogP contribution in [0, 0.1) is 0 Å². The molecule has 5 nitrogen and oxygen atoms in total. The Morgan fingerprint density at radius 2 is 1.71 bits per heavy atom. The Morgan fingerprint density at radius 3 is 2.19 bits per heavy atom.